The van der Waals surface area contributed by atoms with Crippen LogP contribution in [0.5, 0.6) is 0 Å². The van der Waals surface area contributed by atoms with Crippen LogP contribution in [0.1, 0.15) is 6.23 Å². The number of nitrogens with one attached hydrogen (secondary N) is 1. The Morgan fingerprint density at radius 1 is 1.65 bits per heavy atom. The fraction of sp³-hybridized carbons (Fsp3) is 0.500. The molecule has 1 aromatic heterocycles. The van der Waals surface area contributed by atoms with Crippen LogP contribution in [-0.4, -0.2) is 49.5 Å². The van der Waals surface area contributed by atoms with E-state index in [1.165, 1.54) is 0 Å². The maximum absolute atomic E-state index is 14.7. The van der Waals surface area contributed by atoms with Crippen LogP contribution in [0.2, 0.25) is 0 Å². The Hall–Kier alpha value is -1.73. The molecule has 4 unspecified atom stereocenters. The summed E-state index contributed by atoms with van der Waals surface area (Å²) in [5.41, 5.74) is -4.59. The molecule has 0 bridgehead atoms. The molecule has 0 aliphatic carbocycles. The van der Waals surface area contributed by atoms with E-state index in [1.807, 2.05) is 10.9 Å². The highest BCUT2D eigenvalue weighted by molar-refractivity contribution is 6.30. The number of aromatic amines is 1. The van der Waals surface area contributed by atoms with Gasteiger partial charge in [-0.1, -0.05) is 0 Å². The lowest BCUT2D eigenvalue weighted by Gasteiger charge is -2.22. The van der Waals surface area contributed by atoms with Gasteiger partial charge in [0.2, 0.25) is 11.9 Å². The number of nitrogens with zero attached hydrogens (tertiary/aromatic N) is 2. The molecule has 2 rings (SSSR count). The summed E-state index contributed by atoms with van der Waals surface area (Å²) >= 11 is 5.15. The molecular weight excluding hydrogens is 297 g/mol. The SMILES string of the molecule is O=c1cnn(C2OC(CO)C(O)C2(F)C#CCl)c(=O)[nH]1. The Kier molecular flexibility index (Phi) is 3.92. The third-order valence-electron chi connectivity index (χ3n) is 2.82. The van der Waals surface area contributed by atoms with Gasteiger partial charge in [0, 0.05) is 5.38 Å². The van der Waals surface area contributed by atoms with E-state index in [4.69, 9.17) is 21.4 Å². The molecular formula is C10H9ClFN3O5. The number of aliphatic hydroxyl groups is 2. The number of alkyl halides is 1. The molecule has 8 nitrogen and oxygen atoms in total. The summed E-state index contributed by atoms with van der Waals surface area (Å²) in [7, 11) is 0. The van der Waals surface area contributed by atoms with Crippen molar-refractivity contribution in [2.75, 3.05) is 6.61 Å². The molecule has 1 aliphatic rings. The van der Waals surface area contributed by atoms with Crippen molar-refractivity contribution in [3.8, 4) is 11.3 Å². The van der Waals surface area contributed by atoms with Crippen LogP contribution in [0.4, 0.5) is 4.39 Å². The van der Waals surface area contributed by atoms with Gasteiger partial charge in [-0.2, -0.15) is 9.78 Å². The maximum atomic E-state index is 14.7. The van der Waals surface area contributed by atoms with Gasteiger partial charge in [0.25, 0.3) is 5.56 Å². The first-order chi connectivity index (χ1) is 9.43. The van der Waals surface area contributed by atoms with Crippen molar-refractivity contribution in [1.82, 2.24) is 14.8 Å². The van der Waals surface area contributed by atoms with Crippen molar-refractivity contribution in [3.63, 3.8) is 0 Å². The molecule has 20 heavy (non-hydrogen) atoms. The number of rotatable bonds is 2. The van der Waals surface area contributed by atoms with Crippen LogP contribution in [0.3, 0.4) is 0 Å². The highest BCUT2D eigenvalue weighted by atomic mass is 35.5. The third-order valence-corrected chi connectivity index (χ3v) is 2.92. The zero-order valence-electron chi connectivity index (χ0n) is 9.79. The smallest absolute Gasteiger partial charge is 0.347 e. The monoisotopic (exact) mass is 305 g/mol. The normalized spacial score (nSPS) is 32.7. The summed E-state index contributed by atoms with van der Waals surface area (Å²) in [6, 6.07) is 0. The zero-order valence-corrected chi connectivity index (χ0v) is 10.5. The second kappa shape index (κ2) is 5.34. The average molecular weight is 306 g/mol. The van der Waals surface area contributed by atoms with Crippen LogP contribution in [0, 0.1) is 11.3 Å². The van der Waals surface area contributed by atoms with Gasteiger partial charge in [-0.3, -0.25) is 9.78 Å². The van der Waals surface area contributed by atoms with Crippen molar-refractivity contribution in [3.05, 3.63) is 27.0 Å². The molecule has 1 aromatic rings. The first kappa shape index (κ1) is 14.7. The van der Waals surface area contributed by atoms with E-state index < -0.39 is 42.0 Å². The standard InChI is InChI=1S/C10H9ClFN3O5/c11-2-1-10(12)7(18)5(4-16)20-8(10)15-9(19)14-6(17)3-13-15/h3,5,7-8,16,18H,4H2,(H,14,17,19). The fourth-order valence-corrected chi connectivity index (χ4v) is 2.02. The minimum absolute atomic E-state index is 0.474. The summed E-state index contributed by atoms with van der Waals surface area (Å²) in [6.07, 6.45) is -4.18. The zero-order chi connectivity index (χ0) is 14.9. The number of halogens is 2. The molecule has 1 fully saturated rings. The Balaban J connectivity index is 2.55. The summed E-state index contributed by atoms with van der Waals surface area (Å²) < 4.78 is 20.3. The number of ether oxygens (including phenoxy) is 1. The van der Waals surface area contributed by atoms with Crippen molar-refractivity contribution in [2.24, 2.45) is 0 Å². The minimum atomic E-state index is -2.76. The van der Waals surface area contributed by atoms with Gasteiger partial charge in [-0.05, 0) is 17.5 Å². The molecule has 1 aliphatic heterocycles. The lowest BCUT2D eigenvalue weighted by atomic mass is 9.97. The van der Waals surface area contributed by atoms with Gasteiger partial charge in [0.1, 0.15) is 18.4 Å². The summed E-state index contributed by atoms with van der Waals surface area (Å²) in [5.74, 6) is 1.90. The van der Waals surface area contributed by atoms with Gasteiger partial charge in [0.15, 0.2) is 0 Å². The molecule has 1 saturated heterocycles. The van der Waals surface area contributed by atoms with Crippen molar-refractivity contribution in [2.45, 2.75) is 24.1 Å². The van der Waals surface area contributed by atoms with Gasteiger partial charge in [-0.15, -0.1) is 0 Å². The van der Waals surface area contributed by atoms with Crippen LogP contribution in [0.25, 0.3) is 0 Å². The highest BCUT2D eigenvalue weighted by Gasteiger charge is 2.58. The Labute approximate surface area is 115 Å². The Bertz CT molecular complexity index is 680. The first-order valence-corrected chi connectivity index (χ1v) is 5.76. The van der Waals surface area contributed by atoms with Crippen molar-refractivity contribution < 1.29 is 19.3 Å². The summed E-state index contributed by atoms with van der Waals surface area (Å²) in [6.45, 7) is -0.703. The predicted octanol–water partition coefficient (Wildman–Crippen LogP) is -1.91. The van der Waals surface area contributed by atoms with Crippen LogP contribution in [-0.2, 0) is 4.74 Å². The number of hydrogen-bond acceptors (Lipinski definition) is 6. The highest BCUT2D eigenvalue weighted by Crippen LogP contribution is 2.40. The molecule has 108 valence electrons. The lowest BCUT2D eigenvalue weighted by molar-refractivity contribution is -0.0611. The van der Waals surface area contributed by atoms with Gasteiger partial charge in [0.05, 0.1) is 6.61 Å². The van der Waals surface area contributed by atoms with Crippen LogP contribution < -0.4 is 11.2 Å². The summed E-state index contributed by atoms with van der Waals surface area (Å²) in [4.78, 5) is 24.4. The van der Waals surface area contributed by atoms with Gasteiger partial charge < -0.3 is 14.9 Å². The Morgan fingerprint density at radius 3 is 2.90 bits per heavy atom. The fourth-order valence-electron chi connectivity index (χ4n) is 1.87. The Morgan fingerprint density at radius 2 is 2.35 bits per heavy atom. The minimum Gasteiger partial charge on any atom is -0.394 e. The van der Waals surface area contributed by atoms with E-state index in [0.29, 0.717) is 4.68 Å². The van der Waals surface area contributed by atoms with E-state index in [-0.39, 0.29) is 0 Å². The second-order valence-electron chi connectivity index (χ2n) is 4.03. The van der Waals surface area contributed by atoms with E-state index in [0.717, 1.165) is 6.20 Å². The molecule has 3 N–H and O–H groups in total. The molecule has 10 heteroatoms. The molecule has 2 heterocycles. The van der Waals surface area contributed by atoms with Crippen molar-refractivity contribution >= 4 is 11.6 Å². The number of aromatic nitrogens is 3. The predicted molar refractivity (Wildman–Crippen MR) is 63.6 cm³/mol. The molecule has 4 atom stereocenters. The topological polar surface area (TPSA) is 117 Å². The number of aliphatic hydroxyl groups excluding tert-OH is 2. The maximum Gasteiger partial charge on any atom is 0.347 e. The molecule has 0 radical (unpaired) electrons. The quantitative estimate of drug-likeness (QED) is 0.549. The van der Waals surface area contributed by atoms with E-state index in [9.17, 15) is 19.1 Å². The average Bonchev–Trinajstić information content (AvgIpc) is 2.63. The first-order valence-electron chi connectivity index (χ1n) is 5.38. The third kappa shape index (κ3) is 2.23. The largest absolute Gasteiger partial charge is 0.394 e. The van der Waals surface area contributed by atoms with E-state index in [1.54, 1.807) is 5.38 Å². The van der Waals surface area contributed by atoms with Gasteiger partial charge >= 0.3 is 5.69 Å². The second-order valence-corrected chi connectivity index (χ2v) is 4.21. The van der Waals surface area contributed by atoms with Crippen LogP contribution >= 0.6 is 11.6 Å². The molecule has 0 saturated carbocycles. The van der Waals surface area contributed by atoms with Crippen LogP contribution in [0.15, 0.2) is 15.8 Å². The molecule has 0 amide bonds. The lowest BCUT2D eigenvalue weighted by Crippen LogP contribution is -2.46. The number of H-pyrrole nitrogens is 1. The summed E-state index contributed by atoms with van der Waals surface area (Å²) in [5, 5.41) is 24.0. The van der Waals surface area contributed by atoms with E-state index in [2.05, 4.69) is 5.10 Å². The number of hydrogen-bond donors (Lipinski definition) is 3. The van der Waals surface area contributed by atoms with Crippen molar-refractivity contribution in [1.29, 1.82) is 0 Å². The molecule has 0 aromatic carbocycles. The molecule has 0 spiro atoms. The van der Waals surface area contributed by atoms with Gasteiger partial charge in [-0.25, -0.2) is 9.18 Å². The van der Waals surface area contributed by atoms with E-state index >= 15 is 0 Å².